The van der Waals surface area contributed by atoms with Crippen LogP contribution in [0.5, 0.6) is 0 Å². The standard InChI is InChI=1S/C8H10N2O3/c1-13-10-8(12)7(11)6-3-2-4-9-5-6/h2-5,7,11H,1H3,(H,10,12). The Hall–Kier alpha value is -1.46. The number of carbonyl (C=O) groups excluding carboxylic acids is 1. The number of aliphatic hydroxyl groups excluding tert-OH is 1. The number of aromatic nitrogens is 1. The first kappa shape index (κ1) is 9.63. The lowest BCUT2D eigenvalue weighted by Crippen LogP contribution is -2.28. The Labute approximate surface area is 75.3 Å². The van der Waals surface area contributed by atoms with Crippen LogP contribution in [0.1, 0.15) is 11.7 Å². The quantitative estimate of drug-likeness (QED) is 0.634. The molecule has 0 fully saturated rings. The second kappa shape index (κ2) is 4.54. The highest BCUT2D eigenvalue weighted by molar-refractivity contribution is 5.80. The van der Waals surface area contributed by atoms with Crippen molar-refractivity contribution in [3.05, 3.63) is 30.1 Å². The lowest BCUT2D eigenvalue weighted by atomic mass is 10.1. The summed E-state index contributed by atoms with van der Waals surface area (Å²) in [5, 5.41) is 9.39. The number of hydroxylamine groups is 1. The van der Waals surface area contributed by atoms with E-state index in [1.54, 1.807) is 18.3 Å². The molecule has 0 spiro atoms. The summed E-state index contributed by atoms with van der Waals surface area (Å²) < 4.78 is 0. The number of rotatable bonds is 3. The van der Waals surface area contributed by atoms with Gasteiger partial charge >= 0.3 is 0 Å². The van der Waals surface area contributed by atoms with Gasteiger partial charge in [0.25, 0.3) is 5.91 Å². The summed E-state index contributed by atoms with van der Waals surface area (Å²) in [6, 6.07) is 3.24. The van der Waals surface area contributed by atoms with E-state index in [-0.39, 0.29) is 0 Å². The molecule has 70 valence electrons. The highest BCUT2D eigenvalue weighted by atomic mass is 16.6. The molecular formula is C8H10N2O3. The van der Waals surface area contributed by atoms with Crippen molar-refractivity contribution in [3.63, 3.8) is 0 Å². The van der Waals surface area contributed by atoms with Crippen LogP contribution in [0.4, 0.5) is 0 Å². The fraction of sp³-hybridized carbons (Fsp3) is 0.250. The summed E-state index contributed by atoms with van der Waals surface area (Å²) in [7, 11) is 1.30. The van der Waals surface area contributed by atoms with Gasteiger partial charge in [-0.3, -0.25) is 14.6 Å². The molecule has 0 saturated carbocycles. The Kier molecular flexibility index (Phi) is 3.36. The molecule has 0 aliphatic carbocycles. The van der Waals surface area contributed by atoms with E-state index in [1.807, 2.05) is 5.48 Å². The minimum Gasteiger partial charge on any atom is -0.378 e. The molecule has 0 radical (unpaired) electrons. The van der Waals surface area contributed by atoms with Gasteiger partial charge in [-0.15, -0.1) is 0 Å². The Morgan fingerprint density at radius 3 is 3.08 bits per heavy atom. The number of carbonyl (C=O) groups is 1. The summed E-state index contributed by atoms with van der Waals surface area (Å²) in [6.45, 7) is 0. The Morgan fingerprint density at radius 2 is 2.54 bits per heavy atom. The second-order valence-electron chi connectivity index (χ2n) is 2.36. The van der Waals surface area contributed by atoms with E-state index in [9.17, 15) is 9.90 Å². The minimum absolute atomic E-state index is 0.428. The third kappa shape index (κ3) is 2.50. The Balaban J connectivity index is 2.68. The van der Waals surface area contributed by atoms with E-state index in [2.05, 4.69) is 9.82 Å². The van der Waals surface area contributed by atoms with Crippen molar-refractivity contribution in [2.45, 2.75) is 6.10 Å². The fourth-order valence-corrected chi connectivity index (χ4v) is 0.845. The van der Waals surface area contributed by atoms with Gasteiger partial charge in [0.15, 0.2) is 6.10 Å². The molecule has 1 atom stereocenters. The number of hydrogen-bond donors (Lipinski definition) is 2. The molecule has 0 aliphatic heterocycles. The molecule has 0 bridgehead atoms. The molecule has 0 saturated heterocycles. The van der Waals surface area contributed by atoms with E-state index in [0.29, 0.717) is 5.56 Å². The van der Waals surface area contributed by atoms with Crippen molar-refractivity contribution in [1.82, 2.24) is 10.5 Å². The minimum atomic E-state index is -1.24. The summed E-state index contributed by atoms with van der Waals surface area (Å²) in [5.41, 5.74) is 2.45. The maximum atomic E-state index is 11.0. The van der Waals surface area contributed by atoms with Gasteiger partial charge in [0, 0.05) is 18.0 Å². The molecule has 5 nitrogen and oxygen atoms in total. The van der Waals surface area contributed by atoms with Crippen LogP contribution >= 0.6 is 0 Å². The van der Waals surface area contributed by atoms with Gasteiger partial charge in [-0.05, 0) is 6.07 Å². The van der Waals surface area contributed by atoms with Crippen molar-refractivity contribution in [2.24, 2.45) is 0 Å². The van der Waals surface area contributed by atoms with Crippen LogP contribution in [0.3, 0.4) is 0 Å². The molecule has 1 unspecified atom stereocenters. The molecule has 2 N–H and O–H groups in total. The smallest absolute Gasteiger partial charge is 0.277 e. The van der Waals surface area contributed by atoms with Gasteiger partial charge in [0.1, 0.15) is 0 Å². The summed E-state index contributed by atoms with van der Waals surface area (Å²) in [5.74, 6) is -0.615. The lowest BCUT2D eigenvalue weighted by molar-refractivity contribution is -0.140. The molecular weight excluding hydrogens is 172 g/mol. The number of amides is 1. The van der Waals surface area contributed by atoms with Crippen LogP contribution in [-0.4, -0.2) is 23.1 Å². The third-order valence-corrected chi connectivity index (χ3v) is 1.45. The largest absolute Gasteiger partial charge is 0.378 e. The van der Waals surface area contributed by atoms with Crippen LogP contribution in [-0.2, 0) is 9.63 Å². The van der Waals surface area contributed by atoms with Gasteiger partial charge in [-0.1, -0.05) is 6.07 Å². The van der Waals surface area contributed by atoms with Crippen LogP contribution in [0, 0.1) is 0 Å². The average Bonchev–Trinajstić information content (AvgIpc) is 2.18. The van der Waals surface area contributed by atoms with E-state index in [4.69, 9.17) is 0 Å². The lowest BCUT2D eigenvalue weighted by Gasteiger charge is -2.08. The molecule has 1 rings (SSSR count). The van der Waals surface area contributed by atoms with Crippen LogP contribution in [0.2, 0.25) is 0 Å². The second-order valence-corrected chi connectivity index (χ2v) is 2.36. The van der Waals surface area contributed by atoms with Crippen LogP contribution in [0.15, 0.2) is 24.5 Å². The van der Waals surface area contributed by atoms with Crippen LogP contribution < -0.4 is 5.48 Å². The van der Waals surface area contributed by atoms with Gasteiger partial charge in [-0.2, -0.15) is 0 Å². The normalized spacial score (nSPS) is 12.2. The molecule has 1 heterocycles. The molecule has 0 aromatic carbocycles. The summed E-state index contributed by atoms with van der Waals surface area (Å²) >= 11 is 0. The number of nitrogens with one attached hydrogen (secondary N) is 1. The Bertz CT molecular complexity index is 276. The maximum Gasteiger partial charge on any atom is 0.277 e. The average molecular weight is 182 g/mol. The number of aliphatic hydroxyl groups is 1. The maximum absolute atomic E-state index is 11.0. The van der Waals surface area contributed by atoms with Crippen LogP contribution in [0.25, 0.3) is 0 Å². The van der Waals surface area contributed by atoms with E-state index >= 15 is 0 Å². The highest BCUT2D eigenvalue weighted by Gasteiger charge is 2.16. The topological polar surface area (TPSA) is 71.5 Å². The van der Waals surface area contributed by atoms with Gasteiger partial charge in [-0.25, -0.2) is 5.48 Å². The van der Waals surface area contributed by atoms with E-state index in [1.165, 1.54) is 13.3 Å². The molecule has 1 aromatic heterocycles. The van der Waals surface area contributed by atoms with Gasteiger partial charge in [0.2, 0.25) is 0 Å². The molecule has 1 aromatic rings. The Morgan fingerprint density at radius 1 is 1.77 bits per heavy atom. The van der Waals surface area contributed by atoms with Crippen molar-refractivity contribution >= 4 is 5.91 Å². The van der Waals surface area contributed by atoms with E-state index in [0.717, 1.165) is 0 Å². The van der Waals surface area contributed by atoms with Crippen molar-refractivity contribution in [2.75, 3.05) is 7.11 Å². The zero-order valence-electron chi connectivity index (χ0n) is 7.10. The molecule has 13 heavy (non-hydrogen) atoms. The van der Waals surface area contributed by atoms with Gasteiger partial charge < -0.3 is 5.11 Å². The summed E-state index contributed by atoms with van der Waals surface area (Å²) in [4.78, 5) is 19.2. The highest BCUT2D eigenvalue weighted by Crippen LogP contribution is 2.09. The zero-order chi connectivity index (χ0) is 9.68. The SMILES string of the molecule is CONC(=O)C(O)c1cccnc1. The number of hydrogen-bond acceptors (Lipinski definition) is 4. The predicted molar refractivity (Wildman–Crippen MR) is 44.3 cm³/mol. The van der Waals surface area contributed by atoms with Crippen molar-refractivity contribution < 1.29 is 14.7 Å². The monoisotopic (exact) mass is 182 g/mol. The van der Waals surface area contributed by atoms with E-state index < -0.39 is 12.0 Å². The first-order valence-electron chi connectivity index (χ1n) is 3.66. The molecule has 0 aliphatic rings. The van der Waals surface area contributed by atoms with Crippen molar-refractivity contribution in [1.29, 1.82) is 0 Å². The third-order valence-electron chi connectivity index (χ3n) is 1.45. The number of pyridine rings is 1. The van der Waals surface area contributed by atoms with Gasteiger partial charge in [0.05, 0.1) is 7.11 Å². The molecule has 5 heteroatoms. The summed E-state index contributed by atoms with van der Waals surface area (Å²) in [6.07, 6.45) is 1.73. The van der Waals surface area contributed by atoms with Crippen molar-refractivity contribution in [3.8, 4) is 0 Å². The zero-order valence-corrected chi connectivity index (χ0v) is 7.10. The predicted octanol–water partition coefficient (Wildman–Crippen LogP) is -0.207. The fourth-order valence-electron chi connectivity index (χ4n) is 0.845. The number of nitrogens with zero attached hydrogens (tertiary/aromatic N) is 1. The first-order chi connectivity index (χ1) is 6.25. The first-order valence-corrected chi connectivity index (χ1v) is 3.66. The molecule has 1 amide bonds.